The zero-order valence-electron chi connectivity index (χ0n) is 46.7. The number of aryl methyl sites for hydroxylation is 2. The molecule has 0 saturated carbocycles. The number of primary amides is 1. The first-order valence-electron chi connectivity index (χ1n) is 26.9. The number of hydrogen-bond acceptors (Lipinski definition) is 15. The van der Waals surface area contributed by atoms with Crippen molar-refractivity contribution >= 4 is 47.3 Å². The molecule has 0 fully saturated rings. The maximum atomic E-state index is 14.9. The van der Waals surface area contributed by atoms with Gasteiger partial charge in [-0.3, -0.25) is 38.4 Å². The van der Waals surface area contributed by atoms with Crippen molar-refractivity contribution in [2.24, 2.45) is 17.2 Å². The van der Waals surface area contributed by atoms with Crippen LogP contribution in [0.25, 0.3) is 11.1 Å². The summed E-state index contributed by atoms with van der Waals surface area (Å²) in [5.74, 6) is -8.77. The number of carbonyl (C=O) groups is 8. The van der Waals surface area contributed by atoms with Crippen LogP contribution in [-0.4, -0.2) is 149 Å². The number of halogens is 1. The summed E-state index contributed by atoms with van der Waals surface area (Å²) < 4.78 is 26.0. The van der Waals surface area contributed by atoms with Crippen LogP contribution in [0, 0.1) is 5.82 Å². The first kappa shape index (κ1) is 66.5. The van der Waals surface area contributed by atoms with Gasteiger partial charge < -0.3 is 79.0 Å². The standard InChI is InChI=1S/C58H78FN9O14/c1-6-37-29-41(81-5)24-25-42(37)38-20-16-36(17-21-38)28-45(52(75)63-44(51(62)74)15-11-12-35-18-22-40(23-19-35)82-27-10-9-26-60)64-53(76)46(30-48(72)73)65-54(77)47(32-69)66-56(79)50(34(3)71)67-57(80)58(4,68-55(78)49(61)33(2)70)31-39-13-7-8-14-43(39)59/h7-8,13-14,16-25,29,33-34,44-47,49-50,69-71H,6,9-12,15,26-28,30-32,60-61H2,1-5H3,(H2,62,74)(H,63,75)(H,64,76)(H,65,77)(H,66,79)(H,67,80)(H,68,78)(H,72,73)/t33-,34-,44+,45+,46?,47?,49+,50+,58+/m1/s1. The Morgan fingerprint density at radius 2 is 1.29 bits per heavy atom. The van der Waals surface area contributed by atoms with E-state index in [1.807, 2.05) is 61.5 Å². The largest absolute Gasteiger partial charge is 0.497 e. The van der Waals surface area contributed by atoms with E-state index in [-0.39, 0.29) is 18.4 Å². The van der Waals surface area contributed by atoms with Gasteiger partial charge in [-0.05, 0) is 130 Å². The highest BCUT2D eigenvalue weighted by Crippen LogP contribution is 2.29. The molecule has 4 rings (SSSR count). The normalized spacial score (nSPS) is 14.8. The number of hydrogen-bond donors (Lipinski definition) is 13. The summed E-state index contributed by atoms with van der Waals surface area (Å²) in [7, 11) is 1.56. The van der Waals surface area contributed by atoms with Crippen LogP contribution in [0.3, 0.4) is 0 Å². The zero-order chi connectivity index (χ0) is 60.7. The van der Waals surface area contributed by atoms with Crippen LogP contribution in [-0.2, 0) is 64.0 Å². The third-order valence-electron chi connectivity index (χ3n) is 13.5. The first-order valence-corrected chi connectivity index (χ1v) is 26.9. The number of aliphatic carboxylic acids is 1. The van der Waals surface area contributed by atoms with Gasteiger partial charge in [0.1, 0.15) is 59.1 Å². The lowest BCUT2D eigenvalue weighted by atomic mass is 9.90. The zero-order valence-corrected chi connectivity index (χ0v) is 46.7. The number of carbonyl (C=O) groups excluding carboxylic acids is 7. The highest BCUT2D eigenvalue weighted by Gasteiger charge is 2.41. The van der Waals surface area contributed by atoms with Crippen molar-refractivity contribution in [3.8, 4) is 22.6 Å². The fourth-order valence-corrected chi connectivity index (χ4v) is 8.66. The molecule has 0 saturated heterocycles. The number of unbranched alkanes of at least 4 members (excludes halogenated alkanes) is 1. The summed E-state index contributed by atoms with van der Waals surface area (Å²) in [6, 6.07) is 15.1. The van der Waals surface area contributed by atoms with E-state index in [0.717, 1.165) is 48.1 Å². The van der Waals surface area contributed by atoms with Gasteiger partial charge in [0, 0.05) is 12.8 Å². The van der Waals surface area contributed by atoms with Crippen molar-refractivity contribution < 1.29 is 72.6 Å². The Kier molecular flexibility index (Phi) is 26.3. The van der Waals surface area contributed by atoms with Crippen LogP contribution in [0.2, 0.25) is 0 Å². The number of nitrogens with two attached hydrogens (primary N) is 3. The van der Waals surface area contributed by atoms with Gasteiger partial charge in [-0.1, -0.05) is 67.6 Å². The van der Waals surface area contributed by atoms with Crippen molar-refractivity contribution in [2.45, 2.75) is 139 Å². The Bertz CT molecular complexity index is 2800. The minimum Gasteiger partial charge on any atom is -0.497 e. The maximum absolute atomic E-state index is 14.9. The second kappa shape index (κ2) is 32.4. The van der Waals surface area contributed by atoms with E-state index < -0.39 is 127 Å². The molecule has 82 heavy (non-hydrogen) atoms. The molecule has 0 aliphatic heterocycles. The predicted molar refractivity (Wildman–Crippen MR) is 301 cm³/mol. The molecule has 2 unspecified atom stereocenters. The van der Waals surface area contributed by atoms with Crippen LogP contribution in [0.1, 0.15) is 82.1 Å². The van der Waals surface area contributed by atoms with Crippen LogP contribution >= 0.6 is 0 Å². The monoisotopic (exact) mass is 1140 g/mol. The van der Waals surface area contributed by atoms with Crippen LogP contribution in [0.15, 0.2) is 91.0 Å². The highest BCUT2D eigenvalue weighted by molar-refractivity contribution is 5.99. The molecule has 0 aliphatic carbocycles. The lowest BCUT2D eigenvalue weighted by Crippen LogP contribution is -2.66. The quantitative estimate of drug-likeness (QED) is 0.0280. The summed E-state index contributed by atoms with van der Waals surface area (Å²) in [6.07, 6.45) is -1.68. The maximum Gasteiger partial charge on any atom is 0.305 e. The third-order valence-corrected chi connectivity index (χ3v) is 13.5. The number of carboxylic acids is 1. The van der Waals surface area contributed by atoms with E-state index in [9.17, 15) is 63.2 Å². The Morgan fingerprint density at radius 1 is 0.695 bits per heavy atom. The lowest BCUT2D eigenvalue weighted by molar-refractivity contribution is -0.142. The third kappa shape index (κ3) is 20.2. The number of benzene rings is 4. The molecule has 9 atom stereocenters. The Hall–Kier alpha value is -8.03. The number of ether oxygens (including phenoxy) is 2. The molecular formula is C58H78FN9O14. The summed E-state index contributed by atoms with van der Waals surface area (Å²) >= 11 is 0. The number of rotatable bonds is 34. The van der Waals surface area contributed by atoms with Crippen LogP contribution in [0.5, 0.6) is 11.5 Å². The second-order valence-corrected chi connectivity index (χ2v) is 20.1. The number of aliphatic hydroxyl groups excluding tert-OH is 3. The van der Waals surface area contributed by atoms with Crippen molar-refractivity contribution in [3.63, 3.8) is 0 Å². The smallest absolute Gasteiger partial charge is 0.305 e. The van der Waals surface area contributed by atoms with E-state index in [1.54, 1.807) is 19.2 Å². The van der Waals surface area contributed by atoms with Crippen molar-refractivity contribution in [3.05, 3.63) is 119 Å². The molecule has 0 heterocycles. The fourth-order valence-electron chi connectivity index (χ4n) is 8.66. The van der Waals surface area contributed by atoms with Gasteiger partial charge >= 0.3 is 5.97 Å². The van der Waals surface area contributed by atoms with Crippen molar-refractivity contribution in [1.29, 1.82) is 0 Å². The first-order chi connectivity index (χ1) is 38.9. The molecule has 0 bridgehead atoms. The molecule has 7 amide bonds. The number of carboxylic acid groups (broad SMARTS) is 1. The molecule has 0 aliphatic rings. The van der Waals surface area contributed by atoms with E-state index in [0.29, 0.717) is 49.5 Å². The molecule has 4 aromatic rings. The molecule has 0 spiro atoms. The molecule has 446 valence electrons. The van der Waals surface area contributed by atoms with E-state index >= 15 is 0 Å². The van der Waals surface area contributed by atoms with Gasteiger partial charge in [-0.15, -0.1) is 0 Å². The van der Waals surface area contributed by atoms with Crippen LogP contribution < -0.4 is 58.6 Å². The van der Waals surface area contributed by atoms with Gasteiger partial charge in [0.25, 0.3) is 0 Å². The Balaban J connectivity index is 1.57. The minimum atomic E-state index is -2.10. The van der Waals surface area contributed by atoms with E-state index in [4.69, 9.17) is 26.7 Å². The Labute approximate surface area is 475 Å². The molecule has 24 heteroatoms. The molecule has 0 radical (unpaired) electrons. The SMILES string of the molecule is CCc1cc(OC)ccc1-c1ccc(C[C@H](NC(=O)C(CC(=O)O)NC(=O)C(CO)NC(=O)[C@@H](NC(=O)[C@](C)(Cc2ccccc2F)NC(=O)[C@@H](N)[C@@H](C)O)[C@@H](C)O)C(=O)N[C@@H](CCCc2ccc(OCCCCN)cc2)C(N)=O)cc1. The summed E-state index contributed by atoms with van der Waals surface area (Å²) in [5, 5.41) is 55.1. The fraction of sp³-hybridized carbons (Fsp3) is 0.448. The number of aliphatic hydroxyl groups is 3. The molecule has 23 nitrogen and oxygen atoms in total. The number of amides is 7. The molecule has 0 aromatic heterocycles. The number of nitrogens with one attached hydrogen (secondary N) is 6. The van der Waals surface area contributed by atoms with Gasteiger partial charge in [0.2, 0.25) is 41.4 Å². The topological polar surface area (TPSA) is 386 Å². The summed E-state index contributed by atoms with van der Waals surface area (Å²) in [5.41, 5.74) is 19.2. The highest BCUT2D eigenvalue weighted by atomic mass is 19.1. The van der Waals surface area contributed by atoms with E-state index in [1.165, 1.54) is 32.0 Å². The summed E-state index contributed by atoms with van der Waals surface area (Å²) in [6.45, 7) is 5.37. The molecular weight excluding hydrogens is 1070 g/mol. The number of methoxy groups -OCH3 is 1. The van der Waals surface area contributed by atoms with Gasteiger partial charge in [-0.25, -0.2) is 4.39 Å². The van der Waals surface area contributed by atoms with Gasteiger partial charge in [0.15, 0.2) is 0 Å². The average Bonchev–Trinajstić information content (AvgIpc) is 3.59. The van der Waals surface area contributed by atoms with E-state index in [2.05, 4.69) is 31.9 Å². The predicted octanol–water partition coefficient (Wildman–Crippen LogP) is 0.330. The van der Waals surface area contributed by atoms with Gasteiger partial charge in [0.05, 0.1) is 39.0 Å². The average molecular weight is 1140 g/mol. The Morgan fingerprint density at radius 3 is 1.88 bits per heavy atom. The minimum absolute atomic E-state index is 0.0572. The van der Waals surface area contributed by atoms with Crippen molar-refractivity contribution in [2.75, 3.05) is 26.9 Å². The van der Waals surface area contributed by atoms with Gasteiger partial charge in [-0.2, -0.15) is 0 Å². The molecule has 16 N–H and O–H groups in total. The van der Waals surface area contributed by atoms with Crippen LogP contribution in [0.4, 0.5) is 4.39 Å². The second-order valence-electron chi connectivity index (χ2n) is 20.1. The molecule has 4 aromatic carbocycles. The summed E-state index contributed by atoms with van der Waals surface area (Å²) in [4.78, 5) is 108. The van der Waals surface area contributed by atoms with Crippen molar-refractivity contribution in [1.82, 2.24) is 31.9 Å². The lowest BCUT2D eigenvalue weighted by Gasteiger charge is -2.34.